The number of nitrogens with zero attached hydrogens (tertiary/aromatic N) is 3. The lowest BCUT2D eigenvalue weighted by Gasteiger charge is -2.48. The highest BCUT2D eigenvalue weighted by Crippen LogP contribution is 2.34. The van der Waals surface area contributed by atoms with E-state index in [4.69, 9.17) is 0 Å². The summed E-state index contributed by atoms with van der Waals surface area (Å²) in [6.45, 7) is 0.539. The van der Waals surface area contributed by atoms with Gasteiger partial charge in [0.25, 0.3) is 0 Å². The summed E-state index contributed by atoms with van der Waals surface area (Å²) in [5, 5.41) is 7.59. The fourth-order valence-electron chi connectivity index (χ4n) is 3.17. The van der Waals surface area contributed by atoms with Gasteiger partial charge in [-0.05, 0) is 30.5 Å². The minimum atomic E-state index is 0.143. The fourth-order valence-corrected chi connectivity index (χ4v) is 3.17. The number of nitrogens with one attached hydrogen (secondary N) is 1. The summed E-state index contributed by atoms with van der Waals surface area (Å²) in [6, 6.07) is 0.247. The Balaban J connectivity index is 2.05. The van der Waals surface area contributed by atoms with E-state index in [-0.39, 0.29) is 12.2 Å². The number of hydrogen-bond donors (Lipinski definition) is 1. The van der Waals surface area contributed by atoms with Gasteiger partial charge in [0, 0.05) is 26.7 Å². The summed E-state index contributed by atoms with van der Waals surface area (Å²) < 4.78 is 0. The summed E-state index contributed by atoms with van der Waals surface area (Å²) >= 11 is 0. The molecule has 3 aliphatic heterocycles. The van der Waals surface area contributed by atoms with Crippen LogP contribution in [-0.2, 0) is 4.79 Å². The highest BCUT2D eigenvalue weighted by Gasteiger charge is 2.40. The monoisotopic (exact) mass is 260 g/mol. The molecular weight excluding hydrogens is 240 g/mol. The Kier molecular flexibility index (Phi) is 2.95. The van der Waals surface area contributed by atoms with Gasteiger partial charge in [-0.25, -0.2) is 5.01 Å². The van der Waals surface area contributed by atoms with Crippen molar-refractivity contribution in [2.24, 2.45) is 0 Å². The molecule has 1 N–H and O–H groups in total. The summed E-state index contributed by atoms with van der Waals surface area (Å²) in [6.07, 6.45) is 9.00. The van der Waals surface area contributed by atoms with Crippen LogP contribution in [0.25, 0.3) is 0 Å². The van der Waals surface area contributed by atoms with Gasteiger partial charge in [0.05, 0.1) is 12.6 Å². The van der Waals surface area contributed by atoms with Gasteiger partial charge in [-0.2, -0.15) is 0 Å². The number of Topliss-reactive ketones (excluding diaryl/α,β-unsaturated/α-hetero) is 1. The zero-order valence-corrected chi connectivity index (χ0v) is 11.6. The van der Waals surface area contributed by atoms with Crippen molar-refractivity contribution in [3.63, 3.8) is 0 Å². The number of ketones is 1. The normalized spacial score (nSPS) is 30.5. The first-order valence-electron chi connectivity index (χ1n) is 6.58. The van der Waals surface area contributed by atoms with E-state index in [0.29, 0.717) is 18.7 Å². The van der Waals surface area contributed by atoms with Crippen molar-refractivity contribution in [1.82, 2.24) is 20.2 Å². The van der Waals surface area contributed by atoms with Gasteiger partial charge in [0.1, 0.15) is 6.17 Å². The molecule has 5 heteroatoms. The van der Waals surface area contributed by atoms with Crippen molar-refractivity contribution in [2.45, 2.75) is 18.6 Å². The standard InChI is InChI=1S/C14H20N4O/c1-16(2)18-8-10-7-11(19)9-17(3)13(10)12-5-4-6-15-14(12)18/h4-6,8,13-15H,7,9H2,1-3H3. The van der Waals surface area contributed by atoms with Gasteiger partial charge in [-0.15, -0.1) is 0 Å². The average molecular weight is 260 g/mol. The number of hydrogen-bond acceptors (Lipinski definition) is 5. The van der Waals surface area contributed by atoms with Gasteiger partial charge in [-0.3, -0.25) is 14.7 Å². The first kappa shape index (κ1) is 12.4. The second-order valence-electron chi connectivity index (χ2n) is 5.56. The maximum Gasteiger partial charge on any atom is 0.151 e. The topological polar surface area (TPSA) is 38.8 Å². The maximum absolute atomic E-state index is 11.8. The third-order valence-electron chi connectivity index (χ3n) is 3.91. The molecular formula is C14H20N4O. The fraction of sp³-hybridized carbons (Fsp3) is 0.500. The molecule has 102 valence electrons. The van der Waals surface area contributed by atoms with E-state index in [0.717, 1.165) is 0 Å². The number of likely N-dealkylation sites (N-methyl/N-ethyl adjacent to an activating group) is 1. The second-order valence-corrected chi connectivity index (χ2v) is 5.56. The van der Waals surface area contributed by atoms with Crippen LogP contribution in [0.15, 0.2) is 35.7 Å². The van der Waals surface area contributed by atoms with Gasteiger partial charge >= 0.3 is 0 Å². The molecule has 0 aliphatic carbocycles. The predicted molar refractivity (Wildman–Crippen MR) is 73.8 cm³/mol. The average Bonchev–Trinajstić information content (AvgIpc) is 2.36. The van der Waals surface area contributed by atoms with E-state index in [1.165, 1.54) is 11.1 Å². The number of fused-ring (bicyclic) bond motifs is 3. The molecule has 0 amide bonds. The van der Waals surface area contributed by atoms with Crippen LogP contribution in [0.5, 0.6) is 0 Å². The van der Waals surface area contributed by atoms with Crippen LogP contribution in [-0.4, -0.2) is 60.6 Å². The van der Waals surface area contributed by atoms with Crippen molar-refractivity contribution in [1.29, 1.82) is 0 Å². The Morgan fingerprint density at radius 1 is 1.42 bits per heavy atom. The second kappa shape index (κ2) is 4.51. The minimum absolute atomic E-state index is 0.143. The lowest BCUT2D eigenvalue weighted by atomic mass is 9.85. The minimum Gasteiger partial charge on any atom is -0.367 e. The molecule has 1 fully saturated rings. The zero-order chi connectivity index (χ0) is 13.6. The van der Waals surface area contributed by atoms with E-state index in [1.54, 1.807) is 0 Å². The molecule has 2 unspecified atom stereocenters. The first-order chi connectivity index (χ1) is 9.08. The summed E-state index contributed by atoms with van der Waals surface area (Å²) in [7, 11) is 6.06. The third kappa shape index (κ3) is 1.99. The van der Waals surface area contributed by atoms with Crippen LogP contribution in [0.3, 0.4) is 0 Å². The van der Waals surface area contributed by atoms with Crippen LogP contribution >= 0.6 is 0 Å². The maximum atomic E-state index is 11.8. The molecule has 0 aromatic carbocycles. The number of likely N-dealkylation sites (tertiary alicyclic amines) is 1. The molecule has 1 saturated heterocycles. The van der Waals surface area contributed by atoms with Gasteiger partial charge in [0.15, 0.2) is 5.78 Å². The van der Waals surface area contributed by atoms with Crippen molar-refractivity contribution >= 4 is 5.78 Å². The molecule has 0 aromatic heterocycles. The van der Waals surface area contributed by atoms with Crippen LogP contribution in [0.4, 0.5) is 0 Å². The Morgan fingerprint density at radius 2 is 2.21 bits per heavy atom. The molecule has 3 heterocycles. The van der Waals surface area contributed by atoms with Crippen molar-refractivity contribution in [3.8, 4) is 0 Å². The van der Waals surface area contributed by atoms with Gasteiger partial charge in [0.2, 0.25) is 0 Å². The predicted octanol–water partition coefficient (Wildman–Crippen LogP) is 0.305. The van der Waals surface area contributed by atoms with Crippen molar-refractivity contribution in [3.05, 3.63) is 35.7 Å². The van der Waals surface area contributed by atoms with Crippen LogP contribution < -0.4 is 5.32 Å². The van der Waals surface area contributed by atoms with Gasteiger partial charge < -0.3 is 5.32 Å². The quantitative estimate of drug-likeness (QED) is 0.734. The third-order valence-corrected chi connectivity index (χ3v) is 3.91. The number of carbonyl (C=O) groups is 1. The van der Waals surface area contributed by atoms with E-state index in [9.17, 15) is 4.79 Å². The number of allylic oxidation sites excluding steroid dienone is 2. The van der Waals surface area contributed by atoms with E-state index in [2.05, 4.69) is 27.5 Å². The lowest BCUT2D eigenvalue weighted by molar-refractivity contribution is -0.121. The molecule has 19 heavy (non-hydrogen) atoms. The Morgan fingerprint density at radius 3 is 2.95 bits per heavy atom. The van der Waals surface area contributed by atoms with Crippen molar-refractivity contribution in [2.75, 3.05) is 27.7 Å². The summed E-state index contributed by atoms with van der Waals surface area (Å²) in [4.78, 5) is 13.9. The van der Waals surface area contributed by atoms with E-state index >= 15 is 0 Å². The molecule has 2 atom stereocenters. The number of piperidine rings is 1. The van der Waals surface area contributed by atoms with Crippen LogP contribution in [0, 0.1) is 0 Å². The molecule has 0 aromatic rings. The molecule has 3 aliphatic rings. The first-order valence-corrected chi connectivity index (χ1v) is 6.58. The van der Waals surface area contributed by atoms with Crippen molar-refractivity contribution < 1.29 is 4.79 Å². The smallest absolute Gasteiger partial charge is 0.151 e. The van der Waals surface area contributed by atoms with Crippen LogP contribution in [0.1, 0.15) is 6.42 Å². The lowest BCUT2D eigenvalue weighted by Crippen LogP contribution is -2.58. The van der Waals surface area contributed by atoms with E-state index < -0.39 is 0 Å². The highest BCUT2D eigenvalue weighted by atomic mass is 16.1. The zero-order valence-electron chi connectivity index (χ0n) is 11.6. The largest absolute Gasteiger partial charge is 0.367 e. The number of carbonyl (C=O) groups excluding carboxylic acids is 1. The SMILES string of the molecule is CN1CC(=O)CC2=CN(N(C)C)C3NC=CC=C3C21. The molecule has 3 rings (SSSR count). The number of dihydropyridines is 1. The Labute approximate surface area is 113 Å². The highest BCUT2D eigenvalue weighted by molar-refractivity contribution is 5.85. The summed E-state index contributed by atoms with van der Waals surface area (Å²) in [5.74, 6) is 0.294. The molecule has 0 radical (unpaired) electrons. The Hall–Kier alpha value is -1.59. The molecule has 0 bridgehead atoms. The molecule has 0 saturated carbocycles. The summed E-state index contributed by atoms with van der Waals surface area (Å²) in [5.41, 5.74) is 2.50. The van der Waals surface area contributed by atoms with Crippen LogP contribution in [0.2, 0.25) is 0 Å². The van der Waals surface area contributed by atoms with Gasteiger partial charge in [-0.1, -0.05) is 6.08 Å². The number of hydrazine groups is 1. The number of rotatable bonds is 1. The van der Waals surface area contributed by atoms with E-state index in [1.807, 2.05) is 38.4 Å². The Bertz CT molecular complexity index is 492. The molecule has 0 spiro atoms. The molecule has 5 nitrogen and oxygen atoms in total.